The van der Waals surface area contributed by atoms with Gasteiger partial charge in [0.05, 0.1) is 17.9 Å². The number of halogens is 1. The van der Waals surface area contributed by atoms with Gasteiger partial charge in [-0.15, -0.1) is 10.2 Å². The fraction of sp³-hybridized carbons (Fsp3) is 0.444. The Bertz CT molecular complexity index is 812. The van der Waals surface area contributed by atoms with Gasteiger partial charge in [-0.3, -0.25) is 4.79 Å². The first-order valence-corrected chi connectivity index (χ1v) is 9.89. The third-order valence-electron chi connectivity index (χ3n) is 4.27. The summed E-state index contributed by atoms with van der Waals surface area (Å²) >= 11 is 7.45. The van der Waals surface area contributed by atoms with Crippen molar-refractivity contribution < 1.29 is 14.3 Å². The highest BCUT2D eigenvalue weighted by Crippen LogP contribution is 2.28. The molecule has 1 heterocycles. The van der Waals surface area contributed by atoms with Crippen molar-refractivity contribution in [3.8, 4) is 11.4 Å². The van der Waals surface area contributed by atoms with E-state index in [0.29, 0.717) is 16.0 Å². The summed E-state index contributed by atoms with van der Waals surface area (Å²) in [7, 11) is 3.13. The average Bonchev–Trinajstić information content (AvgIpc) is 3.04. The zero-order chi connectivity index (χ0) is 20.0. The van der Waals surface area contributed by atoms with Gasteiger partial charge in [-0.1, -0.05) is 55.8 Å². The first kappa shape index (κ1) is 21.2. The van der Waals surface area contributed by atoms with Crippen LogP contribution in [0.25, 0.3) is 11.4 Å². The molecule has 0 spiro atoms. The van der Waals surface area contributed by atoms with Crippen LogP contribution in [0.4, 0.5) is 0 Å². The van der Waals surface area contributed by atoms with Gasteiger partial charge < -0.3 is 14.6 Å². The number of hydrogen-bond donors (Lipinski definition) is 1. The summed E-state index contributed by atoms with van der Waals surface area (Å²) in [5, 5.41) is 12.2. The molecule has 0 aliphatic carbocycles. The van der Waals surface area contributed by atoms with Crippen LogP contribution in [-0.4, -0.2) is 45.5 Å². The Labute approximate surface area is 167 Å². The van der Waals surface area contributed by atoms with Crippen molar-refractivity contribution in [2.45, 2.75) is 31.5 Å². The summed E-state index contributed by atoms with van der Waals surface area (Å²) in [5.74, 6) is 0.00210. The summed E-state index contributed by atoms with van der Waals surface area (Å²) in [4.78, 5) is 24.2. The average molecular weight is 411 g/mol. The predicted octanol–water partition coefficient (Wildman–Crippen LogP) is 2.93. The monoisotopic (exact) mass is 410 g/mol. The van der Waals surface area contributed by atoms with Gasteiger partial charge in [0.25, 0.3) is 0 Å². The van der Waals surface area contributed by atoms with Crippen molar-refractivity contribution in [3.63, 3.8) is 0 Å². The number of rotatable bonds is 8. The predicted molar refractivity (Wildman–Crippen MR) is 106 cm³/mol. The van der Waals surface area contributed by atoms with E-state index in [4.69, 9.17) is 16.3 Å². The molecule has 0 fully saturated rings. The maximum atomic E-state index is 12.3. The van der Waals surface area contributed by atoms with Crippen LogP contribution in [0, 0.1) is 5.92 Å². The van der Waals surface area contributed by atoms with E-state index in [2.05, 4.69) is 15.5 Å². The number of amides is 1. The maximum Gasteiger partial charge on any atom is 0.328 e. The lowest BCUT2D eigenvalue weighted by atomic mass is 9.99. The molecule has 2 rings (SSSR count). The van der Waals surface area contributed by atoms with Gasteiger partial charge in [0.15, 0.2) is 11.0 Å². The number of hydrogen-bond acceptors (Lipinski definition) is 6. The van der Waals surface area contributed by atoms with Gasteiger partial charge >= 0.3 is 5.97 Å². The molecule has 146 valence electrons. The second kappa shape index (κ2) is 9.75. The molecule has 0 unspecified atom stereocenters. The van der Waals surface area contributed by atoms with Gasteiger partial charge in [0.2, 0.25) is 5.91 Å². The number of ether oxygens (including phenoxy) is 1. The highest BCUT2D eigenvalue weighted by Gasteiger charge is 2.26. The fourth-order valence-electron chi connectivity index (χ4n) is 2.46. The number of carbonyl (C=O) groups excluding carboxylic acids is 2. The Kier molecular flexibility index (Phi) is 7.67. The van der Waals surface area contributed by atoms with E-state index >= 15 is 0 Å². The Morgan fingerprint density at radius 1 is 1.33 bits per heavy atom. The fourth-order valence-corrected chi connectivity index (χ4v) is 3.40. The lowest BCUT2D eigenvalue weighted by Crippen LogP contribution is -2.46. The molecule has 0 aliphatic rings. The van der Waals surface area contributed by atoms with Crippen LogP contribution < -0.4 is 5.32 Å². The molecule has 0 saturated heterocycles. The molecule has 27 heavy (non-hydrogen) atoms. The second-order valence-electron chi connectivity index (χ2n) is 6.09. The Morgan fingerprint density at radius 3 is 2.67 bits per heavy atom. The van der Waals surface area contributed by atoms with E-state index in [0.717, 1.165) is 12.0 Å². The molecule has 1 amide bonds. The lowest BCUT2D eigenvalue weighted by Gasteiger charge is -2.21. The molecule has 2 atom stereocenters. The number of benzene rings is 1. The molecular weight excluding hydrogens is 388 g/mol. The van der Waals surface area contributed by atoms with Crippen LogP contribution in [0.5, 0.6) is 0 Å². The number of nitrogens with one attached hydrogen (secondary N) is 1. The Hall–Kier alpha value is -2.06. The normalized spacial score (nSPS) is 13.1. The van der Waals surface area contributed by atoms with Crippen LogP contribution in [0.3, 0.4) is 0 Å². The first-order chi connectivity index (χ1) is 12.9. The third-order valence-corrected chi connectivity index (χ3v) is 5.62. The maximum absolute atomic E-state index is 12.3. The van der Waals surface area contributed by atoms with Crippen molar-refractivity contribution in [3.05, 3.63) is 29.3 Å². The second-order valence-corrected chi connectivity index (χ2v) is 7.44. The highest BCUT2D eigenvalue weighted by molar-refractivity contribution is 7.99. The highest BCUT2D eigenvalue weighted by atomic mass is 35.5. The molecule has 0 aliphatic heterocycles. The minimum Gasteiger partial charge on any atom is -0.467 e. The van der Waals surface area contributed by atoms with E-state index in [1.807, 2.05) is 39.1 Å². The molecule has 2 aromatic rings. The largest absolute Gasteiger partial charge is 0.467 e. The zero-order valence-electron chi connectivity index (χ0n) is 15.7. The van der Waals surface area contributed by atoms with E-state index < -0.39 is 12.0 Å². The minimum atomic E-state index is -0.661. The first-order valence-electron chi connectivity index (χ1n) is 8.53. The Morgan fingerprint density at radius 2 is 2.04 bits per heavy atom. The van der Waals surface area contributed by atoms with Crippen molar-refractivity contribution in [2.75, 3.05) is 12.9 Å². The van der Waals surface area contributed by atoms with Crippen LogP contribution in [0.2, 0.25) is 5.02 Å². The zero-order valence-corrected chi connectivity index (χ0v) is 17.3. The summed E-state index contributed by atoms with van der Waals surface area (Å²) in [6.45, 7) is 3.85. The number of aromatic nitrogens is 3. The molecule has 0 radical (unpaired) electrons. The SMILES string of the molecule is CC[C@H](C)[C@@H](NC(=O)CSc1nnc(-c2ccccc2Cl)n1C)C(=O)OC. The van der Waals surface area contributed by atoms with Crippen molar-refractivity contribution in [1.29, 1.82) is 0 Å². The number of carbonyl (C=O) groups is 2. The molecule has 1 N–H and O–H groups in total. The van der Waals surface area contributed by atoms with Crippen LogP contribution in [-0.2, 0) is 21.4 Å². The summed E-state index contributed by atoms with van der Waals surface area (Å²) < 4.78 is 6.57. The molecule has 1 aromatic heterocycles. The van der Waals surface area contributed by atoms with E-state index in [1.54, 1.807) is 10.6 Å². The van der Waals surface area contributed by atoms with Crippen LogP contribution >= 0.6 is 23.4 Å². The van der Waals surface area contributed by atoms with Gasteiger partial charge in [0, 0.05) is 12.6 Å². The third kappa shape index (κ3) is 5.23. The molecular formula is C18H23ClN4O3S. The quantitative estimate of drug-likeness (QED) is 0.532. The van der Waals surface area contributed by atoms with Crippen LogP contribution in [0.15, 0.2) is 29.4 Å². The number of esters is 1. The number of nitrogens with zero attached hydrogens (tertiary/aromatic N) is 3. The van der Waals surface area contributed by atoms with Crippen molar-refractivity contribution in [1.82, 2.24) is 20.1 Å². The van der Waals surface area contributed by atoms with Gasteiger partial charge in [-0.2, -0.15) is 0 Å². The van der Waals surface area contributed by atoms with Gasteiger partial charge in [-0.05, 0) is 18.1 Å². The van der Waals surface area contributed by atoms with Crippen molar-refractivity contribution in [2.24, 2.45) is 13.0 Å². The molecule has 7 nitrogen and oxygen atoms in total. The molecule has 9 heteroatoms. The summed E-state index contributed by atoms with van der Waals surface area (Å²) in [5.41, 5.74) is 0.771. The number of thioether (sulfide) groups is 1. The molecule has 1 aromatic carbocycles. The van der Waals surface area contributed by atoms with Crippen LogP contribution in [0.1, 0.15) is 20.3 Å². The van der Waals surface area contributed by atoms with E-state index in [1.165, 1.54) is 18.9 Å². The smallest absolute Gasteiger partial charge is 0.328 e. The van der Waals surface area contributed by atoms with E-state index in [-0.39, 0.29) is 17.6 Å². The lowest BCUT2D eigenvalue weighted by molar-refractivity contribution is -0.146. The van der Waals surface area contributed by atoms with Gasteiger partial charge in [-0.25, -0.2) is 4.79 Å². The summed E-state index contributed by atoms with van der Waals surface area (Å²) in [6.07, 6.45) is 0.748. The number of methoxy groups -OCH3 is 1. The van der Waals surface area contributed by atoms with Gasteiger partial charge in [0.1, 0.15) is 6.04 Å². The van der Waals surface area contributed by atoms with Crippen molar-refractivity contribution >= 4 is 35.2 Å². The summed E-state index contributed by atoms with van der Waals surface area (Å²) in [6, 6.07) is 6.70. The topological polar surface area (TPSA) is 86.1 Å². The molecule has 0 saturated carbocycles. The minimum absolute atomic E-state index is 0.0203. The van der Waals surface area contributed by atoms with E-state index in [9.17, 15) is 9.59 Å². The Balaban J connectivity index is 2.03. The molecule has 0 bridgehead atoms. The standard InChI is InChI=1S/C18H23ClN4O3S/c1-5-11(2)15(17(25)26-4)20-14(24)10-27-18-22-21-16(23(18)3)12-8-6-7-9-13(12)19/h6-9,11,15H,5,10H2,1-4H3,(H,20,24)/t11-,15+/m0/s1.